The van der Waals surface area contributed by atoms with Crippen LogP contribution in [0.25, 0.3) is 0 Å². The summed E-state index contributed by atoms with van der Waals surface area (Å²) in [6, 6.07) is 9.25. The van der Waals surface area contributed by atoms with E-state index in [4.69, 9.17) is 5.73 Å². The van der Waals surface area contributed by atoms with E-state index in [0.29, 0.717) is 18.4 Å². The number of carbonyl (C=O) groups is 1. The number of unbranched alkanes of at least 4 members (excludes halogenated alkanes) is 1. The van der Waals surface area contributed by atoms with Crippen LogP contribution in [-0.2, 0) is 11.2 Å². The van der Waals surface area contributed by atoms with Crippen molar-refractivity contribution in [2.45, 2.75) is 64.5 Å². The van der Waals surface area contributed by atoms with Crippen LogP contribution in [0.15, 0.2) is 24.3 Å². The maximum atomic E-state index is 12.3. The lowest BCUT2D eigenvalue weighted by Gasteiger charge is -2.36. The van der Waals surface area contributed by atoms with Crippen LogP contribution >= 0.6 is 0 Å². The summed E-state index contributed by atoms with van der Waals surface area (Å²) >= 11 is 0. The summed E-state index contributed by atoms with van der Waals surface area (Å²) in [5.74, 6) is 0.304. The smallest absolute Gasteiger partial charge is 0.222 e. The van der Waals surface area contributed by atoms with Gasteiger partial charge in [-0.2, -0.15) is 0 Å². The van der Waals surface area contributed by atoms with Crippen LogP contribution in [0.4, 0.5) is 0 Å². The Morgan fingerprint density at radius 1 is 1.29 bits per heavy atom. The van der Waals surface area contributed by atoms with Gasteiger partial charge < -0.3 is 10.6 Å². The van der Waals surface area contributed by atoms with Gasteiger partial charge >= 0.3 is 0 Å². The summed E-state index contributed by atoms with van der Waals surface area (Å²) in [5, 5.41) is 0. The van der Waals surface area contributed by atoms with Crippen molar-refractivity contribution >= 4 is 5.91 Å². The average Bonchev–Trinajstić information content (AvgIpc) is 2.45. The topological polar surface area (TPSA) is 46.3 Å². The van der Waals surface area contributed by atoms with E-state index in [1.54, 1.807) is 0 Å². The molecule has 21 heavy (non-hydrogen) atoms. The molecule has 3 nitrogen and oxygen atoms in total. The molecule has 2 atom stereocenters. The lowest BCUT2D eigenvalue weighted by Crippen LogP contribution is -2.48. The summed E-state index contributed by atoms with van der Waals surface area (Å²) in [5.41, 5.74) is 8.61. The molecule has 0 saturated carbocycles. The molecule has 1 amide bonds. The maximum absolute atomic E-state index is 12.3. The second kappa shape index (κ2) is 7.60. The van der Waals surface area contributed by atoms with E-state index < -0.39 is 0 Å². The fraction of sp³-hybridized carbons (Fsp3) is 0.611. The second-order valence-electron chi connectivity index (χ2n) is 6.41. The van der Waals surface area contributed by atoms with Gasteiger partial charge in [-0.15, -0.1) is 0 Å². The maximum Gasteiger partial charge on any atom is 0.222 e. The molecule has 0 radical (unpaired) electrons. The number of hydrogen-bond donors (Lipinski definition) is 1. The third kappa shape index (κ3) is 4.85. The Balaban J connectivity index is 1.68. The van der Waals surface area contributed by atoms with Gasteiger partial charge in [0.1, 0.15) is 0 Å². The third-order valence-corrected chi connectivity index (χ3v) is 4.46. The van der Waals surface area contributed by atoms with Crippen molar-refractivity contribution in [1.82, 2.24) is 4.90 Å². The summed E-state index contributed by atoms with van der Waals surface area (Å²) in [6.45, 7) is 5.05. The molecule has 1 fully saturated rings. The highest BCUT2D eigenvalue weighted by molar-refractivity contribution is 5.76. The molecule has 2 rings (SSSR count). The first-order valence-electron chi connectivity index (χ1n) is 8.17. The quantitative estimate of drug-likeness (QED) is 0.847. The van der Waals surface area contributed by atoms with Crippen LogP contribution in [0.5, 0.6) is 0 Å². The van der Waals surface area contributed by atoms with Crippen molar-refractivity contribution < 1.29 is 4.79 Å². The van der Waals surface area contributed by atoms with E-state index in [-0.39, 0.29) is 6.04 Å². The van der Waals surface area contributed by atoms with Crippen molar-refractivity contribution in [2.75, 3.05) is 6.54 Å². The molecular formula is C18H28N2O. The Bertz CT molecular complexity index is 455. The lowest BCUT2D eigenvalue weighted by molar-refractivity contribution is -0.134. The van der Waals surface area contributed by atoms with Crippen molar-refractivity contribution in [2.24, 2.45) is 5.73 Å². The van der Waals surface area contributed by atoms with Crippen LogP contribution in [0.2, 0.25) is 0 Å². The van der Waals surface area contributed by atoms with Gasteiger partial charge in [-0.05, 0) is 51.5 Å². The number of carbonyl (C=O) groups excluding carboxylic acids is 1. The standard InChI is InChI=1S/C18H28N2O/c1-14-7-9-16(10-8-14)5-3-4-6-18(21)20-12-11-17(19)13-15(20)2/h7-10,15,17H,3-6,11-13,19H2,1-2H3/t15-,17+/m1/s1. The van der Waals surface area contributed by atoms with Gasteiger partial charge in [-0.1, -0.05) is 29.8 Å². The Labute approximate surface area is 128 Å². The molecule has 1 heterocycles. The summed E-state index contributed by atoms with van der Waals surface area (Å²) in [6.07, 6.45) is 5.67. The first-order chi connectivity index (χ1) is 10.1. The van der Waals surface area contributed by atoms with Crippen LogP contribution in [0.3, 0.4) is 0 Å². The van der Waals surface area contributed by atoms with Crippen LogP contribution in [-0.4, -0.2) is 29.4 Å². The number of piperidine rings is 1. The highest BCUT2D eigenvalue weighted by Crippen LogP contribution is 2.18. The number of benzene rings is 1. The van der Waals surface area contributed by atoms with E-state index in [2.05, 4.69) is 38.1 Å². The molecule has 116 valence electrons. The van der Waals surface area contributed by atoms with Gasteiger partial charge in [0.05, 0.1) is 0 Å². The van der Waals surface area contributed by atoms with E-state index in [1.807, 2.05) is 4.90 Å². The minimum atomic E-state index is 0.269. The van der Waals surface area contributed by atoms with Gasteiger partial charge in [0.15, 0.2) is 0 Å². The molecule has 0 unspecified atom stereocenters. The largest absolute Gasteiger partial charge is 0.340 e. The molecule has 0 bridgehead atoms. The number of nitrogens with two attached hydrogens (primary N) is 1. The molecular weight excluding hydrogens is 260 g/mol. The highest BCUT2D eigenvalue weighted by atomic mass is 16.2. The van der Waals surface area contributed by atoms with E-state index >= 15 is 0 Å². The average molecular weight is 288 g/mol. The first-order valence-corrected chi connectivity index (χ1v) is 8.17. The molecule has 2 N–H and O–H groups in total. The normalized spacial score (nSPS) is 22.3. The van der Waals surface area contributed by atoms with Gasteiger partial charge in [0.25, 0.3) is 0 Å². The summed E-state index contributed by atoms with van der Waals surface area (Å²) in [7, 11) is 0. The fourth-order valence-electron chi connectivity index (χ4n) is 3.08. The predicted octanol–water partition coefficient (Wildman–Crippen LogP) is 3.05. The number of nitrogens with zero attached hydrogens (tertiary/aromatic N) is 1. The molecule has 1 aliphatic rings. The second-order valence-corrected chi connectivity index (χ2v) is 6.41. The Morgan fingerprint density at radius 3 is 2.67 bits per heavy atom. The number of likely N-dealkylation sites (tertiary alicyclic amines) is 1. The third-order valence-electron chi connectivity index (χ3n) is 4.46. The van der Waals surface area contributed by atoms with E-state index in [9.17, 15) is 4.79 Å². The molecule has 1 aromatic carbocycles. The zero-order chi connectivity index (χ0) is 15.2. The lowest BCUT2D eigenvalue weighted by atomic mass is 9.98. The molecule has 1 aliphatic heterocycles. The molecule has 0 aromatic heterocycles. The predicted molar refractivity (Wildman–Crippen MR) is 87.1 cm³/mol. The number of rotatable bonds is 5. The summed E-state index contributed by atoms with van der Waals surface area (Å²) in [4.78, 5) is 14.3. The van der Waals surface area contributed by atoms with Gasteiger partial charge in [0, 0.05) is 25.0 Å². The van der Waals surface area contributed by atoms with Crippen molar-refractivity contribution in [1.29, 1.82) is 0 Å². The Kier molecular flexibility index (Phi) is 5.80. The SMILES string of the molecule is Cc1ccc(CCCCC(=O)N2CC[C@H](N)C[C@H]2C)cc1. The number of aryl methyl sites for hydroxylation is 2. The van der Waals surface area contributed by atoms with Gasteiger partial charge in [-0.3, -0.25) is 4.79 Å². The Hall–Kier alpha value is -1.35. The van der Waals surface area contributed by atoms with Crippen molar-refractivity contribution in [3.63, 3.8) is 0 Å². The molecule has 0 aliphatic carbocycles. The monoisotopic (exact) mass is 288 g/mol. The summed E-state index contributed by atoms with van der Waals surface area (Å²) < 4.78 is 0. The fourth-order valence-corrected chi connectivity index (χ4v) is 3.08. The van der Waals surface area contributed by atoms with Gasteiger partial charge in [-0.25, -0.2) is 0 Å². The van der Waals surface area contributed by atoms with Crippen molar-refractivity contribution in [3.8, 4) is 0 Å². The van der Waals surface area contributed by atoms with Crippen molar-refractivity contribution in [3.05, 3.63) is 35.4 Å². The van der Waals surface area contributed by atoms with E-state index in [0.717, 1.165) is 38.6 Å². The van der Waals surface area contributed by atoms with E-state index in [1.165, 1.54) is 11.1 Å². The zero-order valence-corrected chi connectivity index (χ0v) is 13.3. The Morgan fingerprint density at radius 2 is 2.00 bits per heavy atom. The van der Waals surface area contributed by atoms with Gasteiger partial charge in [0.2, 0.25) is 5.91 Å². The van der Waals surface area contributed by atoms with Crippen LogP contribution in [0, 0.1) is 6.92 Å². The molecule has 1 saturated heterocycles. The zero-order valence-electron chi connectivity index (χ0n) is 13.3. The number of amides is 1. The highest BCUT2D eigenvalue weighted by Gasteiger charge is 2.26. The van der Waals surface area contributed by atoms with Crippen LogP contribution < -0.4 is 5.73 Å². The van der Waals surface area contributed by atoms with Crippen LogP contribution in [0.1, 0.15) is 50.2 Å². The molecule has 3 heteroatoms. The minimum absolute atomic E-state index is 0.269. The molecule has 0 spiro atoms. The first kappa shape index (κ1) is 16.0. The molecule has 1 aromatic rings. The minimum Gasteiger partial charge on any atom is -0.340 e. The number of hydrogen-bond acceptors (Lipinski definition) is 2.